The number of anilines is 1. The Bertz CT molecular complexity index is 1650. The maximum absolute atomic E-state index is 15.3. The fraction of sp³-hybridized carbons (Fsp3) is 0.346. The molecule has 0 amide bonds. The fourth-order valence-electron chi connectivity index (χ4n) is 5.55. The number of aromatic amines is 1. The minimum atomic E-state index is -2.97. The summed E-state index contributed by atoms with van der Waals surface area (Å²) in [4.78, 5) is 10.2. The van der Waals surface area contributed by atoms with Gasteiger partial charge in [0, 0.05) is 48.2 Å². The zero-order valence-corrected chi connectivity index (χ0v) is 23.0. The van der Waals surface area contributed by atoms with E-state index >= 15 is 4.39 Å². The number of sulfone groups is 1. The molecule has 6 rings (SSSR count). The van der Waals surface area contributed by atoms with Crippen molar-refractivity contribution < 1.29 is 17.5 Å². The Hall–Kier alpha value is -2.99. The van der Waals surface area contributed by atoms with Gasteiger partial charge in [-0.2, -0.15) is 5.10 Å². The Labute approximate surface area is 234 Å². The van der Waals surface area contributed by atoms with Crippen molar-refractivity contribution in [2.45, 2.75) is 25.5 Å². The van der Waals surface area contributed by atoms with Gasteiger partial charge < -0.3 is 9.64 Å². The topological polar surface area (TPSA) is 127 Å². The maximum Gasteiger partial charge on any atom is 0.177 e. The summed E-state index contributed by atoms with van der Waals surface area (Å²) in [5, 5.41) is 8.61. The molecule has 2 saturated heterocycles. The predicted octanol–water partition coefficient (Wildman–Crippen LogP) is 4.91. The summed E-state index contributed by atoms with van der Waals surface area (Å²) in [5.74, 6) is 0.720. The van der Waals surface area contributed by atoms with Crippen molar-refractivity contribution in [1.82, 2.24) is 20.2 Å². The molecule has 4 aromatic rings. The quantitative estimate of drug-likeness (QED) is 0.314. The molecule has 9 nitrogen and oxygen atoms in total. The Kier molecular flexibility index (Phi) is 6.65. The summed E-state index contributed by atoms with van der Waals surface area (Å²) in [7, 11) is -2.97. The van der Waals surface area contributed by atoms with Gasteiger partial charge in [-0.15, -0.1) is 0 Å². The summed E-state index contributed by atoms with van der Waals surface area (Å²) in [6, 6.07) is 6.68. The Morgan fingerprint density at radius 2 is 1.85 bits per heavy atom. The van der Waals surface area contributed by atoms with Crippen LogP contribution in [0.1, 0.15) is 31.1 Å². The number of aromatic nitrogens is 4. The van der Waals surface area contributed by atoms with Crippen molar-refractivity contribution in [3.63, 3.8) is 0 Å². The van der Waals surface area contributed by atoms with Gasteiger partial charge in [-0.05, 0) is 48.9 Å². The van der Waals surface area contributed by atoms with Gasteiger partial charge in [0.25, 0.3) is 0 Å². The van der Waals surface area contributed by atoms with Crippen LogP contribution in [-0.2, 0) is 9.84 Å². The van der Waals surface area contributed by atoms with E-state index in [-0.39, 0.29) is 22.7 Å². The number of pyridine rings is 2. The lowest BCUT2D eigenvalue weighted by atomic mass is 9.78. The number of rotatable bonds is 5. The van der Waals surface area contributed by atoms with Crippen LogP contribution in [0.3, 0.4) is 0 Å². The molecule has 5 heterocycles. The lowest BCUT2D eigenvalue weighted by molar-refractivity contribution is 0.214. The first-order valence-electron chi connectivity index (χ1n) is 12.4. The monoisotopic (exact) mass is 590 g/mol. The highest BCUT2D eigenvalue weighted by atomic mass is 35.5. The van der Waals surface area contributed by atoms with E-state index in [1.54, 1.807) is 24.4 Å². The smallest absolute Gasteiger partial charge is 0.177 e. The molecule has 0 saturated carbocycles. The third-order valence-corrected chi connectivity index (χ3v) is 10.1. The minimum absolute atomic E-state index is 0.184. The highest BCUT2D eigenvalue weighted by molar-refractivity contribution is 7.91. The van der Waals surface area contributed by atoms with Crippen LogP contribution in [0, 0.1) is 11.2 Å². The lowest BCUT2D eigenvalue weighted by Gasteiger charge is -2.39. The van der Waals surface area contributed by atoms with E-state index in [1.807, 2.05) is 4.90 Å². The van der Waals surface area contributed by atoms with Gasteiger partial charge in [0.1, 0.15) is 11.4 Å². The predicted molar refractivity (Wildman–Crippen MR) is 148 cm³/mol. The van der Waals surface area contributed by atoms with E-state index in [1.165, 1.54) is 18.5 Å². The molecule has 13 heteroatoms. The second kappa shape index (κ2) is 9.88. The van der Waals surface area contributed by atoms with Gasteiger partial charge in [0.05, 0.1) is 27.1 Å². The second-order valence-corrected chi connectivity index (χ2v) is 13.2. The summed E-state index contributed by atoms with van der Waals surface area (Å²) >= 11 is 12.4. The Morgan fingerprint density at radius 3 is 2.51 bits per heavy atom. The van der Waals surface area contributed by atoms with E-state index in [2.05, 4.69) is 20.2 Å². The fourth-order valence-corrected chi connectivity index (χ4v) is 8.38. The van der Waals surface area contributed by atoms with Gasteiger partial charge in [0.15, 0.2) is 27.7 Å². The normalized spacial score (nSPS) is 19.0. The Morgan fingerprint density at radius 1 is 1.10 bits per heavy atom. The number of nitrogens with zero attached hydrogens (tertiary/aromatic N) is 4. The third-order valence-electron chi connectivity index (χ3n) is 7.66. The second-order valence-electron chi connectivity index (χ2n) is 10.2. The molecule has 0 bridgehead atoms. The number of H-pyrrole nitrogens is 1. The number of piperidine rings is 1. The number of nitrogens with two attached hydrogens (primary N) is 1. The minimum Gasteiger partial charge on any atom is -0.471 e. The summed E-state index contributed by atoms with van der Waals surface area (Å²) in [6.07, 6.45) is 5.63. The molecule has 1 aromatic carbocycles. The average Bonchev–Trinajstić information content (AvgIpc) is 3.44. The highest BCUT2D eigenvalue weighted by Crippen LogP contribution is 2.43. The van der Waals surface area contributed by atoms with Crippen LogP contribution in [0.4, 0.5) is 10.2 Å². The van der Waals surface area contributed by atoms with Crippen LogP contribution in [0.5, 0.6) is 5.75 Å². The summed E-state index contributed by atoms with van der Waals surface area (Å²) in [6.45, 7) is 1.13. The molecule has 2 fully saturated rings. The number of halogens is 3. The third kappa shape index (κ3) is 5.04. The van der Waals surface area contributed by atoms with Crippen LogP contribution >= 0.6 is 23.2 Å². The Balaban J connectivity index is 1.22. The van der Waals surface area contributed by atoms with Gasteiger partial charge in [-0.25, -0.2) is 17.8 Å². The molecule has 3 aromatic heterocycles. The van der Waals surface area contributed by atoms with Crippen molar-refractivity contribution in [2.75, 3.05) is 29.5 Å². The van der Waals surface area contributed by atoms with Crippen molar-refractivity contribution in [2.24, 2.45) is 11.1 Å². The first kappa shape index (κ1) is 26.2. The molecule has 3 N–H and O–H groups in total. The first-order chi connectivity index (χ1) is 18.6. The molecular weight excluding hydrogens is 566 g/mol. The van der Waals surface area contributed by atoms with E-state index in [4.69, 9.17) is 33.7 Å². The van der Waals surface area contributed by atoms with Gasteiger partial charge >= 0.3 is 0 Å². The molecule has 204 valence electrons. The van der Waals surface area contributed by atoms with Gasteiger partial charge in [-0.1, -0.05) is 23.2 Å². The van der Waals surface area contributed by atoms with E-state index in [0.29, 0.717) is 70.4 Å². The zero-order valence-electron chi connectivity index (χ0n) is 20.7. The standard InChI is InChI=1S/C26H25Cl2FN6O3S/c27-18-12-31-13-19(28)22(18)24(30)38-16-1-2-21-17(10-16)23(34-33-21)15-9-20(29)25(32-11-15)35-6-3-26(4-7-35)5-8-39(36,37)14-26/h1-2,9-13,24H,3-8,14,30H2,(H,33,34)/t24-/m0/s1. The van der Waals surface area contributed by atoms with Crippen molar-refractivity contribution in [3.05, 3.63) is 64.3 Å². The van der Waals surface area contributed by atoms with E-state index < -0.39 is 21.9 Å². The molecule has 2 aliphatic rings. The molecule has 1 atom stereocenters. The molecular formula is C26H25Cl2FN6O3S. The molecule has 0 unspecified atom stereocenters. The zero-order chi connectivity index (χ0) is 27.4. The number of benzene rings is 1. The van der Waals surface area contributed by atoms with Crippen LogP contribution in [0.2, 0.25) is 10.0 Å². The maximum atomic E-state index is 15.3. The number of ether oxygens (including phenoxy) is 1. The van der Waals surface area contributed by atoms with E-state index in [0.717, 1.165) is 5.52 Å². The van der Waals surface area contributed by atoms with Crippen LogP contribution < -0.4 is 15.4 Å². The average molecular weight is 591 g/mol. The highest BCUT2D eigenvalue weighted by Gasteiger charge is 2.44. The molecule has 0 radical (unpaired) electrons. The SMILES string of the molecule is N[C@@H](Oc1ccc2[nH]nc(-c3cnc(N4CCC5(CC4)CCS(=O)(=O)C5)c(F)c3)c2c1)c1c(Cl)cncc1Cl. The molecule has 0 aliphatic carbocycles. The summed E-state index contributed by atoms with van der Waals surface area (Å²) in [5.41, 5.74) is 8.19. The number of nitrogens with one attached hydrogen (secondary N) is 1. The van der Waals surface area contributed by atoms with Crippen LogP contribution in [0.25, 0.3) is 22.2 Å². The van der Waals surface area contributed by atoms with Gasteiger partial charge in [0.2, 0.25) is 0 Å². The summed E-state index contributed by atoms with van der Waals surface area (Å²) < 4.78 is 45.2. The molecule has 1 spiro atoms. The number of hydrogen-bond acceptors (Lipinski definition) is 8. The van der Waals surface area contributed by atoms with Crippen molar-refractivity contribution in [3.8, 4) is 17.0 Å². The van der Waals surface area contributed by atoms with Crippen LogP contribution in [0.15, 0.2) is 42.9 Å². The first-order valence-corrected chi connectivity index (χ1v) is 15.0. The van der Waals surface area contributed by atoms with Gasteiger partial charge in [-0.3, -0.25) is 15.8 Å². The van der Waals surface area contributed by atoms with E-state index in [9.17, 15) is 8.42 Å². The number of hydrogen-bond donors (Lipinski definition) is 2. The number of fused-ring (bicyclic) bond motifs is 1. The largest absolute Gasteiger partial charge is 0.471 e. The van der Waals surface area contributed by atoms with Crippen molar-refractivity contribution >= 4 is 49.8 Å². The molecule has 2 aliphatic heterocycles. The lowest BCUT2D eigenvalue weighted by Crippen LogP contribution is -2.41. The molecule has 39 heavy (non-hydrogen) atoms. The van der Waals surface area contributed by atoms with Crippen molar-refractivity contribution in [1.29, 1.82) is 0 Å². The van der Waals surface area contributed by atoms with Crippen LogP contribution in [-0.4, -0.2) is 53.2 Å².